The summed E-state index contributed by atoms with van der Waals surface area (Å²) in [6.07, 6.45) is -2.68. The second kappa shape index (κ2) is 9.05. The van der Waals surface area contributed by atoms with Crippen LogP contribution in [-0.4, -0.2) is 50.0 Å². The lowest BCUT2D eigenvalue weighted by Crippen LogP contribution is -2.35. The van der Waals surface area contributed by atoms with Gasteiger partial charge in [0.1, 0.15) is 5.75 Å². The van der Waals surface area contributed by atoms with E-state index in [1.165, 1.54) is 18.2 Å². The molecule has 1 N–H and O–H groups in total. The molecule has 8 heteroatoms. The third-order valence-corrected chi connectivity index (χ3v) is 4.07. The van der Waals surface area contributed by atoms with E-state index in [0.29, 0.717) is 18.6 Å². The maximum atomic E-state index is 12.3. The second-order valence-electron chi connectivity index (χ2n) is 5.94. The predicted octanol–water partition coefficient (Wildman–Crippen LogP) is 2.70. The summed E-state index contributed by atoms with van der Waals surface area (Å²) in [6, 6.07) is 5.86. The monoisotopic (exact) mass is 360 g/mol. The number of hydrogen-bond donors (Lipinski definition) is 1. The van der Waals surface area contributed by atoms with Crippen molar-refractivity contribution >= 4 is 5.91 Å². The van der Waals surface area contributed by atoms with Crippen molar-refractivity contribution in [3.8, 4) is 5.75 Å². The number of hydrogen-bond acceptors (Lipinski definition) is 4. The van der Waals surface area contributed by atoms with Crippen LogP contribution in [0.2, 0.25) is 0 Å². The van der Waals surface area contributed by atoms with E-state index in [9.17, 15) is 18.0 Å². The molecule has 1 heterocycles. The number of carbonyl (C=O) groups is 1. The van der Waals surface area contributed by atoms with Crippen LogP contribution < -0.4 is 10.1 Å². The number of alkyl halides is 3. The maximum absolute atomic E-state index is 12.3. The average molecular weight is 360 g/mol. The summed E-state index contributed by atoms with van der Waals surface area (Å²) in [6.45, 7) is 2.42. The van der Waals surface area contributed by atoms with Crippen molar-refractivity contribution in [2.75, 3.05) is 26.8 Å². The molecule has 0 aliphatic carbocycles. The molecule has 140 valence electrons. The van der Waals surface area contributed by atoms with Crippen LogP contribution in [0.5, 0.6) is 5.75 Å². The van der Waals surface area contributed by atoms with Crippen LogP contribution in [0.15, 0.2) is 24.3 Å². The molecular weight excluding hydrogens is 337 g/mol. The Morgan fingerprint density at radius 3 is 2.84 bits per heavy atom. The highest BCUT2D eigenvalue weighted by Gasteiger charge is 2.32. The van der Waals surface area contributed by atoms with E-state index in [1.54, 1.807) is 18.1 Å². The van der Waals surface area contributed by atoms with Crippen LogP contribution in [0, 0.1) is 0 Å². The van der Waals surface area contributed by atoms with Gasteiger partial charge < -0.3 is 19.7 Å². The molecule has 25 heavy (non-hydrogen) atoms. The van der Waals surface area contributed by atoms with Crippen LogP contribution in [0.1, 0.15) is 24.8 Å². The first-order valence-corrected chi connectivity index (χ1v) is 8.23. The fourth-order valence-corrected chi connectivity index (χ4v) is 2.92. The SMILES string of the molecule is COCCNCC[C@H]1CCC(=O)N1Cc1cccc(OC(F)(F)F)c1. The molecule has 1 amide bonds. The zero-order valence-electron chi connectivity index (χ0n) is 14.1. The van der Waals surface area contributed by atoms with Gasteiger partial charge in [0, 0.05) is 32.7 Å². The normalized spacial score (nSPS) is 18.0. The van der Waals surface area contributed by atoms with E-state index in [-0.39, 0.29) is 24.2 Å². The Labute approximate surface area is 145 Å². The number of nitrogens with one attached hydrogen (secondary N) is 1. The summed E-state index contributed by atoms with van der Waals surface area (Å²) in [5, 5.41) is 3.24. The molecule has 0 aromatic heterocycles. The highest BCUT2D eigenvalue weighted by Crippen LogP contribution is 2.27. The first-order valence-electron chi connectivity index (χ1n) is 8.23. The number of amides is 1. The van der Waals surface area contributed by atoms with Gasteiger partial charge in [-0.1, -0.05) is 12.1 Å². The summed E-state index contributed by atoms with van der Waals surface area (Å²) in [5.41, 5.74) is 0.620. The highest BCUT2D eigenvalue weighted by molar-refractivity contribution is 5.78. The number of nitrogens with zero attached hydrogens (tertiary/aromatic N) is 1. The largest absolute Gasteiger partial charge is 0.573 e. The fourth-order valence-electron chi connectivity index (χ4n) is 2.92. The summed E-state index contributed by atoms with van der Waals surface area (Å²) in [5.74, 6) is -0.238. The third kappa shape index (κ3) is 6.55. The van der Waals surface area contributed by atoms with Crippen LogP contribution in [0.25, 0.3) is 0 Å². The molecule has 2 rings (SSSR count). The Balaban J connectivity index is 1.92. The van der Waals surface area contributed by atoms with Crippen LogP contribution >= 0.6 is 0 Å². The molecule has 0 spiro atoms. The van der Waals surface area contributed by atoms with Gasteiger partial charge in [0.25, 0.3) is 0 Å². The van der Waals surface area contributed by atoms with E-state index in [2.05, 4.69) is 10.1 Å². The molecule has 1 saturated heterocycles. The fraction of sp³-hybridized carbons (Fsp3) is 0.588. The maximum Gasteiger partial charge on any atom is 0.573 e. The lowest BCUT2D eigenvalue weighted by molar-refractivity contribution is -0.274. The summed E-state index contributed by atoms with van der Waals surface area (Å²) >= 11 is 0. The third-order valence-electron chi connectivity index (χ3n) is 4.07. The number of likely N-dealkylation sites (tertiary alicyclic amines) is 1. The van der Waals surface area contributed by atoms with Crippen LogP contribution in [0.4, 0.5) is 13.2 Å². The molecule has 0 unspecified atom stereocenters. The van der Waals surface area contributed by atoms with Gasteiger partial charge in [0.15, 0.2) is 0 Å². The summed E-state index contributed by atoms with van der Waals surface area (Å²) < 4.78 is 45.9. The first kappa shape index (κ1) is 19.5. The van der Waals surface area contributed by atoms with Gasteiger partial charge in [-0.05, 0) is 37.1 Å². The summed E-state index contributed by atoms with van der Waals surface area (Å²) in [4.78, 5) is 13.9. The zero-order valence-corrected chi connectivity index (χ0v) is 14.1. The Hall–Kier alpha value is -1.80. The highest BCUT2D eigenvalue weighted by atomic mass is 19.4. The van der Waals surface area contributed by atoms with Crippen molar-refractivity contribution in [2.45, 2.75) is 38.2 Å². The molecule has 1 aromatic rings. The average Bonchev–Trinajstić information content (AvgIpc) is 2.87. The summed E-state index contributed by atoms with van der Waals surface area (Å²) in [7, 11) is 1.63. The first-order chi connectivity index (χ1) is 11.9. The lowest BCUT2D eigenvalue weighted by atomic mass is 10.1. The molecule has 1 atom stereocenters. The number of carbonyl (C=O) groups excluding carboxylic acids is 1. The van der Waals surface area contributed by atoms with Gasteiger partial charge in [-0.3, -0.25) is 4.79 Å². The molecule has 1 fully saturated rings. The predicted molar refractivity (Wildman–Crippen MR) is 86.1 cm³/mol. The van der Waals surface area contributed by atoms with E-state index in [0.717, 1.165) is 25.9 Å². The minimum Gasteiger partial charge on any atom is -0.406 e. The van der Waals surface area contributed by atoms with Gasteiger partial charge in [-0.2, -0.15) is 0 Å². The molecule has 1 aromatic carbocycles. The quantitative estimate of drug-likeness (QED) is 0.688. The molecular formula is C17H23F3N2O3. The Morgan fingerprint density at radius 2 is 2.12 bits per heavy atom. The van der Waals surface area contributed by atoms with Gasteiger partial charge in [-0.15, -0.1) is 13.2 Å². The van der Waals surface area contributed by atoms with E-state index in [1.807, 2.05) is 0 Å². The molecule has 0 saturated carbocycles. The zero-order chi connectivity index (χ0) is 18.3. The lowest BCUT2D eigenvalue weighted by Gasteiger charge is -2.25. The van der Waals surface area contributed by atoms with Crippen molar-refractivity contribution in [3.63, 3.8) is 0 Å². The van der Waals surface area contributed by atoms with Crippen LogP contribution in [-0.2, 0) is 16.1 Å². The second-order valence-corrected chi connectivity index (χ2v) is 5.94. The van der Waals surface area contributed by atoms with Gasteiger partial charge in [0.05, 0.1) is 6.61 Å². The van der Waals surface area contributed by atoms with Crippen molar-refractivity contribution in [1.29, 1.82) is 0 Å². The van der Waals surface area contributed by atoms with Crippen molar-refractivity contribution in [2.24, 2.45) is 0 Å². The van der Waals surface area contributed by atoms with E-state index >= 15 is 0 Å². The molecule has 1 aliphatic heterocycles. The smallest absolute Gasteiger partial charge is 0.406 e. The Bertz CT molecular complexity index is 566. The van der Waals surface area contributed by atoms with Gasteiger partial charge in [-0.25, -0.2) is 0 Å². The van der Waals surface area contributed by atoms with Gasteiger partial charge in [0.2, 0.25) is 5.91 Å². The van der Waals surface area contributed by atoms with E-state index < -0.39 is 6.36 Å². The minimum atomic E-state index is -4.72. The number of halogens is 3. The molecule has 0 radical (unpaired) electrons. The van der Waals surface area contributed by atoms with E-state index in [4.69, 9.17) is 4.74 Å². The van der Waals surface area contributed by atoms with Crippen LogP contribution in [0.3, 0.4) is 0 Å². The molecule has 5 nitrogen and oxygen atoms in total. The van der Waals surface area contributed by atoms with Crippen molar-refractivity contribution in [1.82, 2.24) is 10.2 Å². The Kier molecular flexibility index (Phi) is 7.07. The topological polar surface area (TPSA) is 50.8 Å². The van der Waals surface area contributed by atoms with Crippen molar-refractivity contribution in [3.05, 3.63) is 29.8 Å². The number of ether oxygens (including phenoxy) is 2. The standard InChI is InChI=1S/C17H23F3N2O3/c1-24-10-9-21-8-7-14-5-6-16(23)22(14)12-13-3-2-4-15(11-13)25-17(18,19)20/h2-4,11,14,21H,5-10,12H2,1H3/t14-/m1/s1. The molecule has 1 aliphatic rings. The van der Waals surface area contributed by atoms with Gasteiger partial charge >= 0.3 is 6.36 Å². The number of rotatable bonds is 9. The number of benzene rings is 1. The Morgan fingerprint density at radius 1 is 1.32 bits per heavy atom. The number of methoxy groups -OCH3 is 1. The minimum absolute atomic E-state index is 0.0315. The molecule has 0 bridgehead atoms. The van der Waals surface area contributed by atoms with Crippen molar-refractivity contribution < 1.29 is 27.4 Å².